The number of thiophene rings is 1. The van der Waals surface area contributed by atoms with E-state index in [0.717, 1.165) is 33.5 Å². The van der Waals surface area contributed by atoms with E-state index in [2.05, 4.69) is 17.1 Å². The van der Waals surface area contributed by atoms with E-state index in [4.69, 9.17) is 21.4 Å². The average Bonchev–Trinajstić information content (AvgIpc) is 3.50. The van der Waals surface area contributed by atoms with Crippen LogP contribution < -0.4 is 4.74 Å². The minimum atomic E-state index is -0.351. The van der Waals surface area contributed by atoms with E-state index in [1.807, 2.05) is 67.8 Å². The van der Waals surface area contributed by atoms with Gasteiger partial charge in [-0.25, -0.2) is 9.99 Å². The van der Waals surface area contributed by atoms with Gasteiger partial charge in [0, 0.05) is 17.4 Å². The summed E-state index contributed by atoms with van der Waals surface area (Å²) in [6.45, 7) is 4.58. The molecule has 1 aliphatic heterocycles. The number of halogens is 1. The van der Waals surface area contributed by atoms with Crippen LogP contribution in [-0.4, -0.2) is 28.2 Å². The third-order valence-electron chi connectivity index (χ3n) is 5.67. The van der Waals surface area contributed by atoms with Gasteiger partial charge in [-0.15, -0.1) is 11.3 Å². The lowest BCUT2D eigenvalue weighted by atomic mass is 9.98. The Morgan fingerprint density at radius 1 is 1.18 bits per heavy atom. The minimum absolute atomic E-state index is 0.142. The molecule has 0 fully saturated rings. The molecule has 0 bridgehead atoms. The molecule has 1 atom stereocenters. The SMILES string of the molecule is CCOc1ccc2nc(Cl)c(C3CC(c4ccc(C)cc4)=NN3C(=O)c3cccs3)cc2c1. The van der Waals surface area contributed by atoms with Crippen LogP contribution in [0.1, 0.15) is 45.7 Å². The van der Waals surface area contributed by atoms with E-state index in [9.17, 15) is 4.79 Å². The predicted octanol–water partition coefficient (Wildman–Crippen LogP) is 6.65. The van der Waals surface area contributed by atoms with E-state index < -0.39 is 0 Å². The van der Waals surface area contributed by atoms with Crippen LogP contribution in [0.15, 0.2) is 71.1 Å². The highest BCUT2D eigenvalue weighted by atomic mass is 35.5. The number of aromatic nitrogens is 1. The molecule has 0 radical (unpaired) electrons. The average molecular weight is 476 g/mol. The third kappa shape index (κ3) is 4.24. The van der Waals surface area contributed by atoms with E-state index in [1.165, 1.54) is 16.9 Å². The number of hydrogen-bond donors (Lipinski definition) is 0. The van der Waals surface area contributed by atoms with Crippen LogP contribution in [0.5, 0.6) is 5.75 Å². The van der Waals surface area contributed by atoms with Crippen molar-refractivity contribution in [2.45, 2.75) is 26.3 Å². The first-order chi connectivity index (χ1) is 16.0. The summed E-state index contributed by atoms with van der Waals surface area (Å²) in [5.41, 5.74) is 4.57. The van der Waals surface area contributed by atoms with Crippen molar-refractivity contribution in [2.75, 3.05) is 6.61 Å². The molecule has 0 aliphatic carbocycles. The molecule has 0 saturated heterocycles. The number of benzene rings is 2. The molecule has 2 aromatic carbocycles. The molecule has 1 amide bonds. The smallest absolute Gasteiger partial charge is 0.284 e. The molecule has 166 valence electrons. The Bertz CT molecular complexity index is 1350. The van der Waals surface area contributed by atoms with Gasteiger partial charge in [-0.05, 0) is 55.1 Å². The number of hydrogen-bond acceptors (Lipinski definition) is 5. The minimum Gasteiger partial charge on any atom is -0.494 e. The molecule has 1 aliphatic rings. The summed E-state index contributed by atoms with van der Waals surface area (Å²) in [6.07, 6.45) is 0.554. The number of hydrazone groups is 1. The lowest BCUT2D eigenvalue weighted by Gasteiger charge is -2.22. The van der Waals surface area contributed by atoms with Gasteiger partial charge in [-0.2, -0.15) is 5.10 Å². The Morgan fingerprint density at radius 3 is 2.73 bits per heavy atom. The molecule has 2 aromatic heterocycles. The largest absolute Gasteiger partial charge is 0.494 e. The van der Waals surface area contributed by atoms with Crippen LogP contribution in [0.25, 0.3) is 10.9 Å². The van der Waals surface area contributed by atoms with Crippen LogP contribution in [0.4, 0.5) is 0 Å². The van der Waals surface area contributed by atoms with Gasteiger partial charge in [0.1, 0.15) is 10.9 Å². The maximum Gasteiger partial charge on any atom is 0.284 e. The molecule has 7 heteroatoms. The van der Waals surface area contributed by atoms with Crippen LogP contribution in [0, 0.1) is 6.92 Å². The van der Waals surface area contributed by atoms with Crippen molar-refractivity contribution in [1.82, 2.24) is 9.99 Å². The van der Waals surface area contributed by atoms with Gasteiger partial charge in [0.15, 0.2) is 0 Å². The fourth-order valence-corrected chi connectivity index (χ4v) is 4.94. The Morgan fingerprint density at radius 2 is 2.00 bits per heavy atom. The number of rotatable bonds is 5. The van der Waals surface area contributed by atoms with Gasteiger partial charge in [0.25, 0.3) is 5.91 Å². The molecule has 1 unspecified atom stereocenters. The number of fused-ring (bicyclic) bond motifs is 1. The van der Waals surface area contributed by atoms with E-state index in [1.54, 1.807) is 5.01 Å². The lowest BCUT2D eigenvalue weighted by Crippen LogP contribution is -2.26. The van der Waals surface area contributed by atoms with Gasteiger partial charge < -0.3 is 4.74 Å². The number of carbonyl (C=O) groups excluding carboxylic acids is 1. The summed E-state index contributed by atoms with van der Waals surface area (Å²) in [5.74, 6) is 0.631. The quantitative estimate of drug-likeness (QED) is 0.304. The highest BCUT2D eigenvalue weighted by Gasteiger charge is 2.35. The Labute approximate surface area is 201 Å². The lowest BCUT2D eigenvalue weighted by molar-refractivity contribution is 0.0716. The first kappa shape index (κ1) is 21.6. The second-order valence-electron chi connectivity index (χ2n) is 7.92. The molecule has 4 aromatic rings. The Balaban J connectivity index is 1.58. The Kier molecular flexibility index (Phi) is 5.87. The van der Waals surface area contributed by atoms with Crippen molar-refractivity contribution in [1.29, 1.82) is 0 Å². The zero-order chi connectivity index (χ0) is 22.9. The number of pyridine rings is 1. The zero-order valence-corrected chi connectivity index (χ0v) is 19.9. The zero-order valence-electron chi connectivity index (χ0n) is 18.3. The number of nitrogens with zero attached hydrogens (tertiary/aromatic N) is 3. The van der Waals surface area contributed by atoms with Gasteiger partial charge in [0.2, 0.25) is 0 Å². The molecule has 5 nitrogen and oxygen atoms in total. The number of carbonyl (C=O) groups is 1. The second kappa shape index (κ2) is 8.96. The Hall–Kier alpha value is -3.22. The van der Waals surface area contributed by atoms with Gasteiger partial charge in [-0.1, -0.05) is 47.5 Å². The third-order valence-corrected chi connectivity index (χ3v) is 6.83. The molecule has 0 spiro atoms. The summed E-state index contributed by atoms with van der Waals surface area (Å²) >= 11 is 8.07. The number of ether oxygens (including phenoxy) is 1. The normalized spacial score (nSPS) is 15.7. The van der Waals surface area contributed by atoms with Crippen molar-refractivity contribution < 1.29 is 9.53 Å². The molecule has 0 saturated carbocycles. The number of amides is 1. The van der Waals surface area contributed by atoms with Crippen LogP contribution >= 0.6 is 22.9 Å². The topological polar surface area (TPSA) is 54.8 Å². The second-order valence-corrected chi connectivity index (χ2v) is 9.22. The summed E-state index contributed by atoms with van der Waals surface area (Å²) in [5, 5.41) is 9.50. The van der Waals surface area contributed by atoms with Gasteiger partial charge in [0.05, 0.1) is 28.8 Å². The molecule has 33 heavy (non-hydrogen) atoms. The summed E-state index contributed by atoms with van der Waals surface area (Å²) in [6, 6.07) is 19.3. The maximum atomic E-state index is 13.4. The molecule has 5 rings (SSSR count). The molecular weight excluding hydrogens is 454 g/mol. The summed E-state index contributed by atoms with van der Waals surface area (Å²) in [4.78, 5) is 18.6. The molecule has 0 N–H and O–H groups in total. The van der Waals surface area contributed by atoms with E-state index in [-0.39, 0.29) is 11.9 Å². The number of aryl methyl sites for hydroxylation is 1. The summed E-state index contributed by atoms with van der Waals surface area (Å²) in [7, 11) is 0. The fraction of sp³-hybridized carbons (Fsp3) is 0.192. The van der Waals surface area contributed by atoms with Crippen molar-refractivity contribution in [3.05, 3.63) is 92.8 Å². The van der Waals surface area contributed by atoms with Crippen LogP contribution in [0.3, 0.4) is 0 Å². The van der Waals surface area contributed by atoms with Crippen LogP contribution in [0.2, 0.25) is 5.15 Å². The van der Waals surface area contributed by atoms with Crippen molar-refractivity contribution in [3.63, 3.8) is 0 Å². The van der Waals surface area contributed by atoms with E-state index in [0.29, 0.717) is 23.1 Å². The maximum absolute atomic E-state index is 13.4. The van der Waals surface area contributed by atoms with Crippen molar-refractivity contribution in [3.8, 4) is 5.75 Å². The fourth-order valence-electron chi connectivity index (χ4n) is 4.01. The highest BCUT2D eigenvalue weighted by Crippen LogP contribution is 2.38. The van der Waals surface area contributed by atoms with Crippen molar-refractivity contribution in [2.24, 2.45) is 5.10 Å². The first-order valence-corrected chi connectivity index (χ1v) is 12.0. The monoisotopic (exact) mass is 475 g/mol. The van der Waals surface area contributed by atoms with Gasteiger partial charge in [-0.3, -0.25) is 4.79 Å². The van der Waals surface area contributed by atoms with Crippen molar-refractivity contribution >= 4 is 45.5 Å². The van der Waals surface area contributed by atoms with Crippen LogP contribution in [-0.2, 0) is 0 Å². The van der Waals surface area contributed by atoms with Gasteiger partial charge >= 0.3 is 0 Å². The first-order valence-electron chi connectivity index (χ1n) is 10.8. The molecular formula is C26H22ClN3O2S. The standard InChI is InChI=1S/C26H22ClN3O2S/c1-3-32-19-10-11-21-18(13-19)14-20(25(27)28-21)23-15-22(17-8-6-16(2)7-9-17)29-30(23)26(31)24-5-4-12-33-24/h4-14,23H,3,15H2,1-2H3. The summed E-state index contributed by atoms with van der Waals surface area (Å²) < 4.78 is 5.66. The predicted molar refractivity (Wildman–Crippen MR) is 133 cm³/mol. The van der Waals surface area contributed by atoms with E-state index >= 15 is 0 Å². The highest BCUT2D eigenvalue weighted by molar-refractivity contribution is 7.12. The molecule has 3 heterocycles.